The molecule has 2 heterocycles. The summed E-state index contributed by atoms with van der Waals surface area (Å²) in [6.45, 7) is 5.76. The van der Waals surface area contributed by atoms with E-state index in [9.17, 15) is 22.8 Å². The molecule has 1 fully saturated rings. The highest BCUT2D eigenvalue weighted by Gasteiger charge is 2.32. The number of ether oxygens (including phenoxy) is 1. The van der Waals surface area contributed by atoms with E-state index in [0.717, 1.165) is 28.8 Å². The number of aromatic nitrogens is 3. The molecule has 9 nitrogen and oxygen atoms in total. The number of halogens is 3. The van der Waals surface area contributed by atoms with Gasteiger partial charge in [0.15, 0.2) is 11.0 Å². The SMILES string of the molecule is CCc1ccc(C)cc1N1C(=O)CS/C1=N\C(=O)Nc1ccc(-c2ncn(-c3ccc(OC(F)(F)F)cc3)n2)cc1C. The minimum Gasteiger partial charge on any atom is -0.406 e. The normalized spacial score (nSPS) is 14.5. The number of nitrogens with one attached hydrogen (secondary N) is 1. The first kappa shape index (κ1) is 28.9. The first-order valence-corrected chi connectivity index (χ1v) is 13.8. The molecule has 0 radical (unpaired) electrons. The van der Waals surface area contributed by atoms with Gasteiger partial charge in [-0.25, -0.2) is 14.5 Å². The van der Waals surface area contributed by atoms with Crippen LogP contribution in [0.4, 0.5) is 29.3 Å². The third kappa shape index (κ3) is 6.46. The van der Waals surface area contributed by atoms with E-state index in [4.69, 9.17) is 0 Å². The lowest BCUT2D eigenvalue weighted by Gasteiger charge is -2.20. The summed E-state index contributed by atoms with van der Waals surface area (Å²) in [5, 5.41) is 7.51. The van der Waals surface area contributed by atoms with Gasteiger partial charge in [0.05, 0.1) is 17.1 Å². The highest BCUT2D eigenvalue weighted by atomic mass is 32.2. The Kier molecular flexibility index (Phi) is 8.03. The highest BCUT2D eigenvalue weighted by molar-refractivity contribution is 8.15. The zero-order valence-electron chi connectivity index (χ0n) is 22.8. The number of carbonyl (C=O) groups excluding carboxylic acids is 2. The van der Waals surface area contributed by atoms with Crippen LogP contribution in [0.25, 0.3) is 17.1 Å². The van der Waals surface area contributed by atoms with Gasteiger partial charge < -0.3 is 10.1 Å². The number of amides is 3. The quantitative estimate of drug-likeness (QED) is 0.267. The van der Waals surface area contributed by atoms with Crippen LogP contribution in [0.2, 0.25) is 0 Å². The van der Waals surface area contributed by atoms with Gasteiger partial charge in [-0.2, -0.15) is 4.99 Å². The Morgan fingerprint density at radius 3 is 2.55 bits per heavy atom. The molecule has 0 saturated carbocycles. The second kappa shape index (κ2) is 11.7. The Morgan fingerprint density at radius 2 is 1.86 bits per heavy atom. The summed E-state index contributed by atoms with van der Waals surface area (Å²) >= 11 is 1.21. The molecule has 1 aromatic heterocycles. The molecule has 3 amide bonds. The van der Waals surface area contributed by atoms with Gasteiger partial charge >= 0.3 is 12.4 Å². The summed E-state index contributed by atoms with van der Waals surface area (Å²) in [4.78, 5) is 35.6. The van der Waals surface area contributed by atoms with E-state index in [0.29, 0.717) is 27.9 Å². The first-order chi connectivity index (χ1) is 20.0. The molecule has 42 heavy (non-hydrogen) atoms. The second-order valence-corrected chi connectivity index (χ2v) is 10.4. The van der Waals surface area contributed by atoms with Crippen LogP contribution in [-0.2, 0) is 11.2 Å². The van der Waals surface area contributed by atoms with Crippen molar-refractivity contribution in [3.8, 4) is 22.8 Å². The van der Waals surface area contributed by atoms with Gasteiger partial charge in [0.25, 0.3) is 0 Å². The summed E-state index contributed by atoms with van der Waals surface area (Å²) in [7, 11) is 0. The van der Waals surface area contributed by atoms with Gasteiger partial charge in [-0.3, -0.25) is 9.69 Å². The van der Waals surface area contributed by atoms with Gasteiger partial charge in [-0.05, 0) is 85.5 Å². The van der Waals surface area contributed by atoms with Crippen LogP contribution < -0.4 is 15.0 Å². The molecular weight excluding hydrogens is 569 g/mol. The number of urea groups is 1. The van der Waals surface area contributed by atoms with Crippen molar-refractivity contribution in [2.45, 2.75) is 33.6 Å². The van der Waals surface area contributed by atoms with Crippen LogP contribution in [0.1, 0.15) is 23.6 Å². The van der Waals surface area contributed by atoms with Crippen molar-refractivity contribution in [2.24, 2.45) is 4.99 Å². The molecule has 1 saturated heterocycles. The molecule has 0 aliphatic carbocycles. The van der Waals surface area contributed by atoms with E-state index in [1.165, 1.54) is 51.9 Å². The van der Waals surface area contributed by atoms with Gasteiger partial charge in [0.1, 0.15) is 12.1 Å². The summed E-state index contributed by atoms with van der Waals surface area (Å²) in [5.74, 6) is 0.108. The standard InChI is InChI=1S/C29H25F3N6O3S/c1-4-19-6-5-17(2)13-24(19)38-25(39)15-42-28(38)35-27(40)34-23-12-7-20(14-18(23)3)26-33-16-37(36-26)21-8-10-22(11-9-21)41-29(30,31)32/h5-14,16H,4,15H2,1-3H3,(H,34,40)/b35-28-. The number of carbonyl (C=O) groups is 2. The average Bonchev–Trinajstić information content (AvgIpc) is 3.56. The Bertz CT molecular complexity index is 1680. The van der Waals surface area contributed by atoms with E-state index >= 15 is 0 Å². The van der Waals surface area contributed by atoms with Crippen molar-refractivity contribution < 1.29 is 27.5 Å². The van der Waals surface area contributed by atoms with E-state index in [2.05, 4.69) is 25.1 Å². The minimum atomic E-state index is -4.77. The van der Waals surface area contributed by atoms with Gasteiger partial charge in [0, 0.05) is 11.3 Å². The Labute approximate surface area is 243 Å². The molecule has 0 spiro atoms. The summed E-state index contributed by atoms with van der Waals surface area (Å²) in [6.07, 6.45) is -2.60. The second-order valence-electron chi connectivity index (χ2n) is 9.41. The minimum absolute atomic E-state index is 0.134. The topological polar surface area (TPSA) is 102 Å². The summed E-state index contributed by atoms with van der Waals surface area (Å²) < 4.78 is 42.6. The number of alkyl halides is 3. The van der Waals surface area contributed by atoms with E-state index < -0.39 is 12.4 Å². The lowest BCUT2D eigenvalue weighted by atomic mass is 10.1. The molecule has 1 aliphatic rings. The number of hydrogen-bond donors (Lipinski definition) is 1. The molecule has 3 aromatic carbocycles. The van der Waals surface area contributed by atoms with E-state index in [1.54, 1.807) is 18.2 Å². The van der Waals surface area contributed by atoms with Crippen molar-refractivity contribution in [3.63, 3.8) is 0 Å². The van der Waals surface area contributed by atoms with Crippen molar-refractivity contribution >= 4 is 40.2 Å². The fraction of sp³-hybridized carbons (Fsp3) is 0.207. The number of benzene rings is 3. The number of aliphatic imine (C=N–C) groups is 1. The van der Waals surface area contributed by atoms with Crippen LogP contribution in [0.15, 0.2) is 72.0 Å². The number of nitrogens with zero attached hydrogens (tertiary/aromatic N) is 5. The lowest BCUT2D eigenvalue weighted by molar-refractivity contribution is -0.274. The molecule has 5 rings (SSSR count). The smallest absolute Gasteiger partial charge is 0.406 e. The maximum atomic E-state index is 12.9. The third-order valence-corrected chi connectivity index (χ3v) is 7.30. The van der Waals surface area contributed by atoms with Gasteiger partial charge in [-0.15, -0.1) is 18.3 Å². The van der Waals surface area contributed by atoms with Crippen LogP contribution in [0.5, 0.6) is 5.75 Å². The van der Waals surface area contributed by atoms with Crippen molar-refractivity contribution in [1.29, 1.82) is 0 Å². The first-order valence-electron chi connectivity index (χ1n) is 12.8. The number of thioether (sulfide) groups is 1. The molecule has 4 aromatic rings. The zero-order valence-corrected chi connectivity index (χ0v) is 23.6. The van der Waals surface area contributed by atoms with Gasteiger partial charge in [0.2, 0.25) is 5.91 Å². The number of anilines is 2. The van der Waals surface area contributed by atoms with Crippen molar-refractivity contribution in [2.75, 3.05) is 16.0 Å². The zero-order chi connectivity index (χ0) is 30.0. The molecule has 0 bridgehead atoms. The number of aryl methyl sites for hydroxylation is 3. The van der Waals surface area contributed by atoms with Crippen LogP contribution >= 0.6 is 11.8 Å². The largest absolute Gasteiger partial charge is 0.573 e. The van der Waals surface area contributed by atoms with Crippen LogP contribution in [0.3, 0.4) is 0 Å². The Morgan fingerprint density at radius 1 is 1.10 bits per heavy atom. The fourth-order valence-corrected chi connectivity index (χ4v) is 5.21. The van der Waals surface area contributed by atoms with E-state index in [-0.39, 0.29) is 17.4 Å². The number of rotatable bonds is 6. The number of amidine groups is 1. The molecule has 0 atom stereocenters. The predicted molar refractivity (Wildman–Crippen MR) is 155 cm³/mol. The maximum absolute atomic E-state index is 12.9. The van der Waals surface area contributed by atoms with Crippen molar-refractivity contribution in [3.05, 3.63) is 83.7 Å². The fourth-order valence-electron chi connectivity index (χ4n) is 4.36. The van der Waals surface area contributed by atoms with E-state index in [1.807, 2.05) is 39.0 Å². The molecule has 13 heteroatoms. The van der Waals surface area contributed by atoms with Crippen molar-refractivity contribution in [1.82, 2.24) is 14.8 Å². The molecular formula is C29H25F3N6O3S. The molecule has 216 valence electrons. The van der Waals surface area contributed by atoms with Gasteiger partial charge in [-0.1, -0.05) is 30.8 Å². The average molecular weight is 595 g/mol. The van der Waals surface area contributed by atoms with Crippen LogP contribution in [0, 0.1) is 13.8 Å². The Hall–Kier alpha value is -4.65. The predicted octanol–water partition coefficient (Wildman–Crippen LogP) is 6.68. The lowest BCUT2D eigenvalue weighted by Crippen LogP contribution is -2.31. The molecule has 1 N–H and O–H groups in total. The highest BCUT2D eigenvalue weighted by Crippen LogP contribution is 2.31. The summed E-state index contributed by atoms with van der Waals surface area (Å²) in [6, 6.07) is 15.8. The van der Waals surface area contributed by atoms with Crippen LogP contribution in [-0.4, -0.2) is 44.0 Å². The summed E-state index contributed by atoms with van der Waals surface area (Å²) in [5.41, 5.74) is 5.14. The molecule has 0 unspecified atom stereocenters. The number of hydrogen-bond acceptors (Lipinski definition) is 6. The third-order valence-electron chi connectivity index (χ3n) is 6.38. The monoisotopic (exact) mass is 594 g/mol. The maximum Gasteiger partial charge on any atom is 0.573 e. The Balaban J connectivity index is 1.30. The molecule has 1 aliphatic heterocycles.